The summed E-state index contributed by atoms with van der Waals surface area (Å²) in [5.41, 5.74) is 2.72. The van der Waals surface area contributed by atoms with Crippen molar-refractivity contribution in [2.45, 2.75) is 57.6 Å². The standard InChI is InChI=1S/C27H26F2N6O/c1-15(36)13-35-14-16(12-31-35)25-30-10-8-22(32-25)27-9-7-18(26(27,2)3)17-11-21(33-34-24(17)27)23-19(28)5-4-6-20(23)29/h4-6,8,10-12,14-15,18,36H,7,9,13H2,1-3H3/t15-,18+,27+/m1/s1. The van der Waals surface area contributed by atoms with Crippen LogP contribution in [0.25, 0.3) is 22.6 Å². The Morgan fingerprint density at radius 3 is 2.69 bits per heavy atom. The molecule has 0 unspecified atom stereocenters. The molecule has 1 fully saturated rings. The lowest BCUT2D eigenvalue weighted by Crippen LogP contribution is -2.38. The highest BCUT2D eigenvalue weighted by Crippen LogP contribution is 2.69. The monoisotopic (exact) mass is 488 g/mol. The molecule has 3 aromatic heterocycles. The number of benzene rings is 1. The van der Waals surface area contributed by atoms with Crippen LogP contribution >= 0.6 is 0 Å². The Kier molecular flexibility index (Phi) is 5.05. The lowest BCUT2D eigenvalue weighted by Gasteiger charge is -2.37. The maximum atomic E-state index is 14.5. The molecule has 9 heteroatoms. The summed E-state index contributed by atoms with van der Waals surface area (Å²) in [6.45, 7) is 6.50. The quantitative estimate of drug-likeness (QED) is 0.440. The van der Waals surface area contributed by atoms with Crippen molar-refractivity contribution in [2.75, 3.05) is 0 Å². The maximum Gasteiger partial charge on any atom is 0.162 e. The van der Waals surface area contributed by atoms with Gasteiger partial charge in [-0.25, -0.2) is 18.7 Å². The zero-order valence-corrected chi connectivity index (χ0v) is 20.3. The number of nitrogens with zero attached hydrogens (tertiary/aromatic N) is 6. The van der Waals surface area contributed by atoms with E-state index in [2.05, 4.69) is 34.1 Å². The minimum Gasteiger partial charge on any atom is -0.391 e. The second kappa shape index (κ2) is 7.96. The van der Waals surface area contributed by atoms with Crippen LogP contribution in [0.5, 0.6) is 0 Å². The Morgan fingerprint density at radius 1 is 1.17 bits per heavy atom. The van der Waals surface area contributed by atoms with Crippen LogP contribution in [0.4, 0.5) is 8.78 Å². The summed E-state index contributed by atoms with van der Waals surface area (Å²) < 4.78 is 30.7. The van der Waals surface area contributed by atoms with Gasteiger partial charge in [0.15, 0.2) is 5.82 Å². The Hall–Kier alpha value is -3.59. The van der Waals surface area contributed by atoms with Crippen molar-refractivity contribution < 1.29 is 13.9 Å². The van der Waals surface area contributed by atoms with Crippen LogP contribution in [0.3, 0.4) is 0 Å². The van der Waals surface area contributed by atoms with Crippen molar-refractivity contribution in [3.05, 3.63) is 77.5 Å². The Bertz CT molecular complexity index is 1460. The molecule has 1 aromatic carbocycles. The minimum absolute atomic E-state index is 0.152. The Balaban J connectivity index is 1.46. The van der Waals surface area contributed by atoms with E-state index in [1.54, 1.807) is 30.1 Å². The third kappa shape index (κ3) is 3.15. The van der Waals surface area contributed by atoms with E-state index in [-0.39, 0.29) is 22.6 Å². The molecular weight excluding hydrogens is 462 g/mol. The highest BCUT2D eigenvalue weighted by Gasteiger charge is 2.65. The first-order chi connectivity index (χ1) is 17.2. The molecule has 0 saturated heterocycles. The molecule has 2 bridgehead atoms. The molecule has 0 aliphatic heterocycles. The Labute approximate surface area is 207 Å². The van der Waals surface area contributed by atoms with E-state index in [9.17, 15) is 13.9 Å². The second-order valence-electron chi connectivity index (χ2n) is 10.4. The van der Waals surface area contributed by atoms with Gasteiger partial charge in [-0.2, -0.15) is 10.2 Å². The van der Waals surface area contributed by atoms with Crippen molar-refractivity contribution in [2.24, 2.45) is 5.41 Å². The van der Waals surface area contributed by atoms with Gasteiger partial charge in [-0.15, -0.1) is 5.10 Å². The molecule has 7 nitrogen and oxygen atoms in total. The predicted molar refractivity (Wildman–Crippen MR) is 129 cm³/mol. The van der Waals surface area contributed by atoms with E-state index in [1.807, 2.05) is 12.3 Å². The van der Waals surface area contributed by atoms with Crippen molar-refractivity contribution in [1.82, 2.24) is 29.9 Å². The van der Waals surface area contributed by atoms with E-state index >= 15 is 0 Å². The van der Waals surface area contributed by atoms with Gasteiger partial charge in [0.2, 0.25) is 0 Å². The normalized spacial score (nSPS) is 22.6. The molecule has 3 heterocycles. The number of fused-ring (bicyclic) bond motifs is 5. The van der Waals surface area contributed by atoms with E-state index in [0.29, 0.717) is 12.4 Å². The van der Waals surface area contributed by atoms with Gasteiger partial charge in [0.05, 0.1) is 52.5 Å². The van der Waals surface area contributed by atoms with Crippen molar-refractivity contribution in [1.29, 1.82) is 0 Å². The van der Waals surface area contributed by atoms with Gasteiger partial charge < -0.3 is 5.11 Å². The molecule has 1 saturated carbocycles. The average molecular weight is 489 g/mol. The molecule has 184 valence electrons. The maximum absolute atomic E-state index is 14.5. The molecule has 3 atom stereocenters. The van der Waals surface area contributed by atoms with Crippen LogP contribution in [0.2, 0.25) is 0 Å². The van der Waals surface area contributed by atoms with E-state index in [0.717, 1.165) is 35.4 Å². The van der Waals surface area contributed by atoms with E-state index in [1.165, 1.54) is 18.2 Å². The molecular formula is C27H26F2N6O. The fraction of sp³-hybridized carbons (Fsp3) is 0.370. The van der Waals surface area contributed by atoms with E-state index in [4.69, 9.17) is 4.98 Å². The number of hydrogen-bond donors (Lipinski definition) is 1. The number of rotatable bonds is 5. The predicted octanol–water partition coefficient (Wildman–Crippen LogP) is 4.66. The molecule has 2 aliphatic carbocycles. The van der Waals surface area contributed by atoms with Gasteiger partial charge in [-0.3, -0.25) is 4.68 Å². The molecule has 0 amide bonds. The smallest absolute Gasteiger partial charge is 0.162 e. The second-order valence-corrected chi connectivity index (χ2v) is 10.4. The number of halogens is 2. The summed E-state index contributed by atoms with van der Waals surface area (Å²) in [5, 5.41) is 22.9. The van der Waals surface area contributed by atoms with Crippen molar-refractivity contribution >= 4 is 0 Å². The average Bonchev–Trinajstić information content (AvgIpc) is 3.46. The fourth-order valence-electron chi connectivity index (χ4n) is 6.34. The molecule has 0 radical (unpaired) electrons. The Morgan fingerprint density at radius 2 is 1.94 bits per heavy atom. The number of aliphatic hydroxyl groups is 1. The molecule has 36 heavy (non-hydrogen) atoms. The third-order valence-electron chi connectivity index (χ3n) is 8.04. The van der Waals surface area contributed by atoms with E-state index < -0.39 is 23.2 Å². The van der Waals surface area contributed by atoms with Gasteiger partial charge in [0, 0.05) is 12.4 Å². The van der Waals surface area contributed by atoms with Crippen LogP contribution in [-0.4, -0.2) is 41.2 Å². The summed E-state index contributed by atoms with van der Waals surface area (Å²) in [5.74, 6) is -0.607. The summed E-state index contributed by atoms with van der Waals surface area (Å²) in [4.78, 5) is 9.46. The molecule has 1 N–H and O–H groups in total. The van der Waals surface area contributed by atoms with Crippen LogP contribution in [0.15, 0.2) is 48.9 Å². The number of hydrogen-bond acceptors (Lipinski definition) is 6. The SMILES string of the molecule is C[C@@H](O)Cn1cc(-c2nccc([C@@]34CC[C@@H](c5cc(-c6c(F)cccc6F)nnc53)C4(C)C)n2)cn1. The lowest BCUT2D eigenvalue weighted by molar-refractivity contribution is 0.168. The highest BCUT2D eigenvalue weighted by molar-refractivity contribution is 5.64. The first kappa shape index (κ1) is 22.8. The molecule has 0 spiro atoms. The summed E-state index contributed by atoms with van der Waals surface area (Å²) in [6.07, 6.45) is 6.50. The van der Waals surface area contributed by atoms with Gasteiger partial charge in [-0.05, 0) is 60.9 Å². The number of aliphatic hydroxyl groups excluding tert-OH is 1. The molecule has 4 aromatic rings. The van der Waals surface area contributed by atoms with Crippen LogP contribution in [0, 0.1) is 17.0 Å². The lowest BCUT2D eigenvalue weighted by atomic mass is 9.66. The van der Waals surface area contributed by atoms with Gasteiger partial charge in [0.1, 0.15) is 11.6 Å². The largest absolute Gasteiger partial charge is 0.391 e. The van der Waals surface area contributed by atoms with Crippen molar-refractivity contribution in [3.8, 4) is 22.6 Å². The topological polar surface area (TPSA) is 89.6 Å². The molecule has 2 aliphatic rings. The summed E-state index contributed by atoms with van der Waals surface area (Å²) in [6, 6.07) is 7.54. The van der Waals surface area contributed by atoms with Crippen molar-refractivity contribution in [3.63, 3.8) is 0 Å². The van der Waals surface area contributed by atoms with Crippen LogP contribution in [0.1, 0.15) is 56.5 Å². The number of aromatic nitrogens is 6. The zero-order chi connectivity index (χ0) is 25.2. The molecule has 6 rings (SSSR count). The third-order valence-corrected chi connectivity index (χ3v) is 8.04. The fourth-order valence-corrected chi connectivity index (χ4v) is 6.34. The first-order valence-electron chi connectivity index (χ1n) is 12.1. The highest BCUT2D eigenvalue weighted by atomic mass is 19.1. The van der Waals surface area contributed by atoms with Crippen LogP contribution in [-0.2, 0) is 12.0 Å². The van der Waals surface area contributed by atoms with Gasteiger partial charge >= 0.3 is 0 Å². The first-order valence-corrected chi connectivity index (χ1v) is 12.1. The zero-order valence-electron chi connectivity index (χ0n) is 20.3. The van der Waals surface area contributed by atoms with Crippen LogP contribution < -0.4 is 0 Å². The van der Waals surface area contributed by atoms with Gasteiger partial charge in [-0.1, -0.05) is 19.9 Å². The van der Waals surface area contributed by atoms with Gasteiger partial charge in [0.25, 0.3) is 0 Å². The minimum atomic E-state index is -0.655. The summed E-state index contributed by atoms with van der Waals surface area (Å²) >= 11 is 0. The summed E-state index contributed by atoms with van der Waals surface area (Å²) in [7, 11) is 0.